The topological polar surface area (TPSA) is 50.4 Å². The number of thiocarbonyl (C=S) groups is 1. The van der Waals surface area contributed by atoms with Crippen molar-refractivity contribution in [1.29, 1.82) is 0 Å². The number of hydrogen-bond acceptors (Lipinski definition) is 3. The predicted molar refractivity (Wildman–Crippen MR) is 101 cm³/mol. The van der Waals surface area contributed by atoms with E-state index in [0.717, 1.165) is 15.7 Å². The number of anilines is 1. The molecule has 0 spiro atoms. The highest BCUT2D eigenvalue weighted by molar-refractivity contribution is 9.10. The Morgan fingerprint density at radius 3 is 2.61 bits per heavy atom. The maximum absolute atomic E-state index is 11.9. The second-order valence-corrected chi connectivity index (χ2v) is 5.76. The van der Waals surface area contributed by atoms with Gasteiger partial charge in [0.05, 0.1) is 12.8 Å². The van der Waals surface area contributed by atoms with Gasteiger partial charge in [0.25, 0.3) is 0 Å². The van der Waals surface area contributed by atoms with Gasteiger partial charge in [-0.3, -0.25) is 10.1 Å². The van der Waals surface area contributed by atoms with Gasteiger partial charge < -0.3 is 10.1 Å². The van der Waals surface area contributed by atoms with Gasteiger partial charge in [-0.25, -0.2) is 0 Å². The van der Waals surface area contributed by atoms with Crippen LogP contribution < -0.4 is 15.4 Å². The Labute approximate surface area is 148 Å². The molecule has 0 aliphatic rings. The van der Waals surface area contributed by atoms with Crippen molar-refractivity contribution in [2.75, 3.05) is 12.4 Å². The molecule has 0 atom stereocenters. The number of carbonyl (C=O) groups excluding carboxylic acids is 1. The van der Waals surface area contributed by atoms with Crippen LogP contribution in [0.1, 0.15) is 5.56 Å². The van der Waals surface area contributed by atoms with Gasteiger partial charge in [0.1, 0.15) is 5.75 Å². The van der Waals surface area contributed by atoms with Crippen molar-refractivity contribution in [1.82, 2.24) is 5.32 Å². The molecule has 4 nitrogen and oxygen atoms in total. The average Bonchev–Trinajstić information content (AvgIpc) is 2.55. The first-order valence-electron chi connectivity index (χ1n) is 6.77. The smallest absolute Gasteiger partial charge is 0.250 e. The molecule has 2 aromatic carbocycles. The molecule has 0 fully saturated rings. The maximum atomic E-state index is 11.9. The summed E-state index contributed by atoms with van der Waals surface area (Å²) in [5.41, 5.74) is 1.60. The lowest BCUT2D eigenvalue weighted by Gasteiger charge is -2.09. The summed E-state index contributed by atoms with van der Waals surface area (Å²) in [5.74, 6) is 0.380. The largest absolute Gasteiger partial charge is 0.496 e. The molecule has 2 aromatic rings. The number of halogens is 1. The van der Waals surface area contributed by atoms with E-state index in [1.54, 1.807) is 13.2 Å². The number of ether oxygens (including phenoxy) is 1. The molecule has 1 amide bonds. The van der Waals surface area contributed by atoms with Crippen molar-refractivity contribution in [2.24, 2.45) is 0 Å². The zero-order valence-corrected chi connectivity index (χ0v) is 14.8. The Morgan fingerprint density at radius 1 is 1.17 bits per heavy atom. The maximum Gasteiger partial charge on any atom is 0.250 e. The van der Waals surface area contributed by atoms with Crippen LogP contribution in [0, 0.1) is 0 Å². The van der Waals surface area contributed by atoms with Crippen molar-refractivity contribution in [2.45, 2.75) is 0 Å². The van der Waals surface area contributed by atoms with Crippen molar-refractivity contribution in [3.05, 3.63) is 64.6 Å². The van der Waals surface area contributed by atoms with E-state index < -0.39 is 0 Å². The van der Waals surface area contributed by atoms with Gasteiger partial charge in [0.2, 0.25) is 5.91 Å². The summed E-state index contributed by atoms with van der Waals surface area (Å²) in [7, 11) is 1.59. The fraction of sp³-hybridized carbons (Fsp3) is 0.0588. The molecule has 0 aromatic heterocycles. The number of benzene rings is 2. The quantitative estimate of drug-likeness (QED) is 0.612. The highest BCUT2D eigenvalue weighted by atomic mass is 79.9. The third-order valence-electron chi connectivity index (χ3n) is 2.91. The zero-order chi connectivity index (χ0) is 16.7. The number of amides is 1. The van der Waals surface area contributed by atoms with E-state index in [2.05, 4.69) is 26.6 Å². The highest BCUT2D eigenvalue weighted by Crippen LogP contribution is 2.21. The van der Waals surface area contributed by atoms with Crippen LogP contribution in [0.3, 0.4) is 0 Å². The van der Waals surface area contributed by atoms with Crippen LogP contribution in [-0.2, 0) is 4.79 Å². The third-order valence-corrected chi connectivity index (χ3v) is 3.81. The first kappa shape index (κ1) is 17.2. The van der Waals surface area contributed by atoms with Gasteiger partial charge in [-0.1, -0.05) is 30.3 Å². The van der Waals surface area contributed by atoms with E-state index in [1.165, 1.54) is 6.08 Å². The molecule has 0 saturated carbocycles. The van der Waals surface area contributed by atoms with Crippen molar-refractivity contribution in [3.63, 3.8) is 0 Å². The molecule has 118 valence electrons. The van der Waals surface area contributed by atoms with Crippen molar-refractivity contribution >= 4 is 50.9 Å². The number of para-hydroxylation sites is 2. The third kappa shape index (κ3) is 5.19. The minimum atomic E-state index is -0.319. The van der Waals surface area contributed by atoms with Gasteiger partial charge in [0.15, 0.2) is 5.11 Å². The van der Waals surface area contributed by atoms with E-state index in [-0.39, 0.29) is 11.0 Å². The SMILES string of the molecule is COc1ccccc1C=CC(=O)NC(=S)Nc1ccccc1Br. The number of carbonyl (C=O) groups is 1. The molecule has 6 heteroatoms. The number of nitrogens with one attached hydrogen (secondary N) is 2. The minimum Gasteiger partial charge on any atom is -0.496 e. The van der Waals surface area contributed by atoms with E-state index in [0.29, 0.717) is 5.75 Å². The van der Waals surface area contributed by atoms with Crippen LogP contribution in [0.2, 0.25) is 0 Å². The molecule has 0 aliphatic carbocycles. The molecular weight excluding hydrogens is 376 g/mol. The molecule has 0 heterocycles. The van der Waals surface area contributed by atoms with Crippen LogP contribution >= 0.6 is 28.1 Å². The van der Waals surface area contributed by atoms with Gasteiger partial charge in [-0.2, -0.15) is 0 Å². The molecule has 2 rings (SSSR count). The first-order chi connectivity index (χ1) is 11.1. The molecule has 0 aliphatic heterocycles. The fourth-order valence-electron chi connectivity index (χ4n) is 1.84. The summed E-state index contributed by atoms with van der Waals surface area (Å²) in [6.45, 7) is 0. The Hall–Kier alpha value is -2.18. The molecule has 0 saturated heterocycles. The standard InChI is InChI=1S/C17H15BrN2O2S/c1-22-15-9-5-2-6-12(15)10-11-16(21)20-17(23)19-14-8-4-3-7-13(14)18/h2-11H,1H3,(H2,19,20,21,23). The Morgan fingerprint density at radius 2 is 1.87 bits per heavy atom. The van der Waals surface area contributed by atoms with Crippen LogP contribution in [0.5, 0.6) is 5.75 Å². The number of methoxy groups -OCH3 is 1. The zero-order valence-electron chi connectivity index (χ0n) is 12.4. The lowest BCUT2D eigenvalue weighted by atomic mass is 10.2. The van der Waals surface area contributed by atoms with Crippen LogP contribution in [0.25, 0.3) is 6.08 Å². The number of rotatable bonds is 4. The van der Waals surface area contributed by atoms with E-state index in [9.17, 15) is 4.79 Å². The lowest BCUT2D eigenvalue weighted by molar-refractivity contribution is -0.115. The Kier molecular flexibility index (Phi) is 6.31. The van der Waals surface area contributed by atoms with Gasteiger partial charge in [-0.15, -0.1) is 0 Å². The van der Waals surface area contributed by atoms with Gasteiger partial charge in [0, 0.05) is 16.1 Å². The average molecular weight is 391 g/mol. The molecule has 23 heavy (non-hydrogen) atoms. The Bertz CT molecular complexity index is 747. The summed E-state index contributed by atoms with van der Waals surface area (Å²) >= 11 is 8.53. The van der Waals surface area contributed by atoms with E-state index in [1.807, 2.05) is 48.5 Å². The summed E-state index contributed by atoms with van der Waals surface area (Å²) in [6, 6.07) is 14.9. The summed E-state index contributed by atoms with van der Waals surface area (Å²) < 4.78 is 6.09. The molecular formula is C17H15BrN2O2S. The normalized spacial score (nSPS) is 10.3. The monoisotopic (exact) mass is 390 g/mol. The summed E-state index contributed by atoms with van der Waals surface area (Å²) in [6.07, 6.45) is 3.08. The molecule has 0 bridgehead atoms. The minimum absolute atomic E-state index is 0.228. The second kappa shape index (κ2) is 8.45. The van der Waals surface area contributed by atoms with Crippen LogP contribution in [0.4, 0.5) is 5.69 Å². The van der Waals surface area contributed by atoms with E-state index in [4.69, 9.17) is 17.0 Å². The van der Waals surface area contributed by atoms with Crippen LogP contribution in [-0.4, -0.2) is 18.1 Å². The number of hydrogen-bond donors (Lipinski definition) is 2. The fourth-order valence-corrected chi connectivity index (χ4v) is 2.43. The predicted octanol–water partition coefficient (Wildman–Crippen LogP) is 3.98. The van der Waals surface area contributed by atoms with E-state index >= 15 is 0 Å². The summed E-state index contributed by atoms with van der Waals surface area (Å²) in [5, 5.41) is 5.78. The van der Waals surface area contributed by atoms with Gasteiger partial charge in [-0.05, 0) is 52.4 Å². The van der Waals surface area contributed by atoms with Crippen molar-refractivity contribution < 1.29 is 9.53 Å². The summed E-state index contributed by atoms with van der Waals surface area (Å²) in [4.78, 5) is 11.9. The lowest BCUT2D eigenvalue weighted by Crippen LogP contribution is -2.32. The highest BCUT2D eigenvalue weighted by Gasteiger charge is 2.04. The van der Waals surface area contributed by atoms with Crippen molar-refractivity contribution in [3.8, 4) is 5.75 Å². The Balaban J connectivity index is 1.95. The molecule has 0 radical (unpaired) electrons. The molecule has 0 unspecified atom stereocenters. The first-order valence-corrected chi connectivity index (χ1v) is 7.98. The molecule has 2 N–H and O–H groups in total. The second-order valence-electron chi connectivity index (χ2n) is 4.50. The van der Waals surface area contributed by atoms with Gasteiger partial charge >= 0.3 is 0 Å². The van der Waals surface area contributed by atoms with Crippen LogP contribution in [0.15, 0.2) is 59.1 Å².